The number of aliphatic hydroxyl groups is 1. The molecule has 1 aliphatic heterocycles. The van der Waals surface area contributed by atoms with Crippen LogP contribution in [0.2, 0.25) is 0 Å². The number of guanidine groups is 1. The third-order valence-electron chi connectivity index (χ3n) is 6.27. The number of benzene rings is 1. The van der Waals surface area contributed by atoms with Crippen LogP contribution in [0.25, 0.3) is 0 Å². The van der Waals surface area contributed by atoms with Gasteiger partial charge in [0.15, 0.2) is 5.96 Å². The summed E-state index contributed by atoms with van der Waals surface area (Å²) in [5.74, 6) is 2.51. The molecule has 170 valence electrons. The number of halogens is 1. The Morgan fingerprint density at radius 3 is 2.23 bits per heavy atom. The molecule has 3 rings (SSSR count). The molecule has 1 saturated heterocycles. The van der Waals surface area contributed by atoms with E-state index >= 15 is 0 Å². The fraction of sp³-hybridized carbons (Fsp3) is 0.708. The van der Waals surface area contributed by atoms with Gasteiger partial charge in [0, 0.05) is 32.2 Å². The molecule has 0 bridgehead atoms. The molecule has 0 amide bonds. The van der Waals surface area contributed by atoms with E-state index in [1.807, 2.05) is 0 Å². The third-order valence-corrected chi connectivity index (χ3v) is 6.27. The minimum Gasteiger partial charge on any atom is -0.393 e. The van der Waals surface area contributed by atoms with Gasteiger partial charge in [-0.05, 0) is 62.0 Å². The first-order valence-corrected chi connectivity index (χ1v) is 11.5. The summed E-state index contributed by atoms with van der Waals surface area (Å²) in [6, 6.07) is 9.37. The number of nitrogens with zero attached hydrogens (tertiary/aromatic N) is 2. The van der Waals surface area contributed by atoms with Crippen LogP contribution in [0.3, 0.4) is 0 Å². The lowest BCUT2D eigenvalue weighted by atomic mass is 9.80. The van der Waals surface area contributed by atoms with Gasteiger partial charge >= 0.3 is 0 Å². The standard InChI is InChI=1S/C24H40N4O.HI/c1-4-25-24(27-22-14-18(2)13-19(3)15-22)26-16-20-5-7-21(8-6-20)17-28-11-9-23(29)10-12-28;/h5-8,18-19,22-23,29H,4,9-17H2,1-3H3,(H2,25,26,27);1H. The highest BCUT2D eigenvalue weighted by Gasteiger charge is 2.24. The van der Waals surface area contributed by atoms with E-state index in [1.165, 1.54) is 30.4 Å². The molecule has 2 atom stereocenters. The van der Waals surface area contributed by atoms with Crippen molar-refractivity contribution < 1.29 is 5.11 Å². The quantitative estimate of drug-likeness (QED) is 0.295. The molecule has 3 N–H and O–H groups in total. The Labute approximate surface area is 200 Å². The van der Waals surface area contributed by atoms with Gasteiger partial charge in [-0.15, -0.1) is 24.0 Å². The lowest BCUT2D eigenvalue weighted by Gasteiger charge is -2.32. The van der Waals surface area contributed by atoms with Gasteiger partial charge in [-0.3, -0.25) is 4.90 Å². The minimum atomic E-state index is -0.106. The summed E-state index contributed by atoms with van der Waals surface area (Å²) in [5, 5.41) is 16.7. The summed E-state index contributed by atoms with van der Waals surface area (Å²) in [5.41, 5.74) is 2.58. The van der Waals surface area contributed by atoms with Gasteiger partial charge < -0.3 is 15.7 Å². The van der Waals surface area contributed by atoms with E-state index in [9.17, 15) is 5.11 Å². The van der Waals surface area contributed by atoms with Crippen LogP contribution >= 0.6 is 24.0 Å². The lowest BCUT2D eigenvalue weighted by molar-refractivity contribution is 0.0792. The molecular formula is C24H41IN4O. The van der Waals surface area contributed by atoms with Gasteiger partial charge in [-0.2, -0.15) is 0 Å². The summed E-state index contributed by atoms with van der Waals surface area (Å²) >= 11 is 0. The fourth-order valence-corrected chi connectivity index (χ4v) is 4.83. The Bertz CT molecular complexity index is 633. The lowest BCUT2D eigenvalue weighted by Crippen LogP contribution is -2.46. The number of hydrogen-bond donors (Lipinski definition) is 3. The summed E-state index contributed by atoms with van der Waals surface area (Å²) in [4.78, 5) is 7.27. The molecule has 5 nitrogen and oxygen atoms in total. The second kappa shape index (κ2) is 12.9. The SMILES string of the molecule is CCNC(=NCc1ccc(CN2CCC(O)CC2)cc1)NC1CC(C)CC(C)C1.I. The van der Waals surface area contributed by atoms with Crippen molar-refractivity contribution in [3.8, 4) is 0 Å². The average molecular weight is 529 g/mol. The molecule has 0 aromatic heterocycles. The molecule has 30 heavy (non-hydrogen) atoms. The Balaban J connectivity index is 0.00000320. The molecule has 2 unspecified atom stereocenters. The van der Waals surface area contributed by atoms with Gasteiger partial charge in [0.1, 0.15) is 0 Å². The number of hydrogen-bond acceptors (Lipinski definition) is 3. The van der Waals surface area contributed by atoms with Gasteiger partial charge in [0.05, 0.1) is 12.6 Å². The molecule has 1 aromatic rings. The maximum atomic E-state index is 9.65. The summed E-state index contributed by atoms with van der Waals surface area (Å²) in [7, 11) is 0. The van der Waals surface area contributed by atoms with Gasteiger partial charge in [-0.1, -0.05) is 38.1 Å². The van der Waals surface area contributed by atoms with Gasteiger partial charge in [0.2, 0.25) is 0 Å². The summed E-state index contributed by atoms with van der Waals surface area (Å²) in [6.45, 7) is 11.4. The maximum absolute atomic E-state index is 9.65. The van der Waals surface area contributed by atoms with Crippen molar-refractivity contribution in [2.75, 3.05) is 19.6 Å². The zero-order chi connectivity index (χ0) is 20.6. The number of aliphatic hydroxyl groups excluding tert-OH is 1. The number of aliphatic imine (C=N–C) groups is 1. The first kappa shape index (κ1) is 25.4. The van der Waals surface area contributed by atoms with Crippen molar-refractivity contribution in [3.05, 3.63) is 35.4 Å². The van der Waals surface area contributed by atoms with Gasteiger partial charge in [-0.25, -0.2) is 4.99 Å². The van der Waals surface area contributed by atoms with Crippen molar-refractivity contribution in [2.24, 2.45) is 16.8 Å². The number of nitrogens with one attached hydrogen (secondary N) is 2. The Morgan fingerprint density at radius 1 is 1.03 bits per heavy atom. The second-order valence-corrected chi connectivity index (χ2v) is 9.28. The Morgan fingerprint density at radius 2 is 1.63 bits per heavy atom. The number of piperidine rings is 1. The molecular weight excluding hydrogens is 487 g/mol. The first-order valence-electron chi connectivity index (χ1n) is 11.5. The fourth-order valence-electron chi connectivity index (χ4n) is 4.83. The second-order valence-electron chi connectivity index (χ2n) is 9.28. The van der Waals surface area contributed by atoms with Crippen LogP contribution in [0, 0.1) is 11.8 Å². The summed E-state index contributed by atoms with van der Waals surface area (Å²) in [6.07, 6.45) is 5.49. The van der Waals surface area contributed by atoms with Crippen molar-refractivity contribution >= 4 is 29.9 Å². The third kappa shape index (κ3) is 8.35. The molecule has 1 saturated carbocycles. The summed E-state index contributed by atoms with van der Waals surface area (Å²) < 4.78 is 0. The van der Waals surface area contributed by atoms with E-state index in [-0.39, 0.29) is 30.1 Å². The van der Waals surface area contributed by atoms with E-state index in [0.717, 1.165) is 56.8 Å². The maximum Gasteiger partial charge on any atom is 0.191 e. The van der Waals surface area contributed by atoms with Crippen LogP contribution < -0.4 is 10.6 Å². The Hall–Kier alpha value is -0.860. The molecule has 0 radical (unpaired) electrons. The highest BCUT2D eigenvalue weighted by Crippen LogP contribution is 2.28. The minimum absolute atomic E-state index is 0. The van der Waals surface area contributed by atoms with Crippen molar-refractivity contribution in [1.82, 2.24) is 15.5 Å². The number of rotatable bonds is 6. The normalized spacial score (nSPS) is 26.1. The molecule has 1 aliphatic carbocycles. The van der Waals surface area contributed by atoms with Crippen LogP contribution in [-0.4, -0.2) is 47.7 Å². The predicted molar refractivity (Wildman–Crippen MR) is 136 cm³/mol. The largest absolute Gasteiger partial charge is 0.393 e. The molecule has 6 heteroatoms. The van der Waals surface area contributed by atoms with E-state index in [4.69, 9.17) is 4.99 Å². The monoisotopic (exact) mass is 528 g/mol. The topological polar surface area (TPSA) is 59.9 Å². The van der Waals surface area contributed by atoms with E-state index < -0.39 is 0 Å². The highest BCUT2D eigenvalue weighted by molar-refractivity contribution is 14.0. The predicted octanol–water partition coefficient (Wildman–Crippen LogP) is 4.14. The first-order chi connectivity index (χ1) is 14.0. The molecule has 1 heterocycles. The molecule has 0 spiro atoms. The van der Waals surface area contributed by atoms with Crippen LogP contribution in [0.5, 0.6) is 0 Å². The highest BCUT2D eigenvalue weighted by atomic mass is 127. The molecule has 2 aliphatic rings. The zero-order valence-electron chi connectivity index (χ0n) is 18.9. The van der Waals surface area contributed by atoms with Gasteiger partial charge in [0.25, 0.3) is 0 Å². The van der Waals surface area contributed by atoms with Crippen LogP contribution in [0.4, 0.5) is 0 Å². The van der Waals surface area contributed by atoms with E-state index in [1.54, 1.807) is 0 Å². The van der Waals surface area contributed by atoms with Crippen molar-refractivity contribution in [1.29, 1.82) is 0 Å². The zero-order valence-corrected chi connectivity index (χ0v) is 21.3. The number of likely N-dealkylation sites (tertiary alicyclic amines) is 1. The van der Waals surface area contributed by atoms with Crippen molar-refractivity contribution in [2.45, 2.75) is 78.1 Å². The Kier molecular flexibility index (Phi) is 10.9. The molecule has 1 aromatic carbocycles. The van der Waals surface area contributed by atoms with Crippen LogP contribution in [-0.2, 0) is 13.1 Å². The molecule has 2 fully saturated rings. The van der Waals surface area contributed by atoms with Crippen LogP contribution in [0.1, 0.15) is 64.0 Å². The van der Waals surface area contributed by atoms with Crippen LogP contribution in [0.15, 0.2) is 29.3 Å². The van der Waals surface area contributed by atoms with E-state index in [2.05, 4.69) is 60.6 Å². The van der Waals surface area contributed by atoms with E-state index in [0.29, 0.717) is 12.6 Å². The average Bonchev–Trinajstić information content (AvgIpc) is 2.68. The van der Waals surface area contributed by atoms with Crippen molar-refractivity contribution in [3.63, 3.8) is 0 Å². The smallest absolute Gasteiger partial charge is 0.191 e.